The fourth-order valence-electron chi connectivity index (χ4n) is 2.51. The molecule has 1 saturated heterocycles. The van der Waals surface area contributed by atoms with Gasteiger partial charge in [0.15, 0.2) is 0 Å². The van der Waals surface area contributed by atoms with Gasteiger partial charge in [-0.15, -0.1) is 0 Å². The molecule has 74 valence electrons. The molecule has 3 rings (SSSR count). The maximum atomic E-state index is 5.99. The predicted molar refractivity (Wildman–Crippen MR) is 59.2 cm³/mol. The van der Waals surface area contributed by atoms with E-state index in [1.807, 2.05) is 6.07 Å². The van der Waals surface area contributed by atoms with Crippen LogP contribution in [0.4, 0.5) is 5.69 Å². The Morgan fingerprint density at radius 2 is 2.36 bits per heavy atom. The van der Waals surface area contributed by atoms with E-state index in [2.05, 4.69) is 22.3 Å². The number of hydrogen-bond acceptors (Lipinski definition) is 2. The van der Waals surface area contributed by atoms with E-state index in [0.717, 1.165) is 31.1 Å². The van der Waals surface area contributed by atoms with Gasteiger partial charge in [0.25, 0.3) is 0 Å². The lowest BCUT2D eigenvalue weighted by Gasteiger charge is -2.32. The van der Waals surface area contributed by atoms with E-state index in [-0.39, 0.29) is 0 Å². The molecule has 2 heterocycles. The number of hydrogen-bond donors (Lipinski definition) is 1. The van der Waals surface area contributed by atoms with E-state index in [1.165, 1.54) is 11.3 Å². The van der Waals surface area contributed by atoms with Crippen LogP contribution in [0.3, 0.4) is 0 Å². The van der Waals surface area contributed by atoms with Crippen molar-refractivity contribution in [2.75, 3.05) is 24.5 Å². The summed E-state index contributed by atoms with van der Waals surface area (Å²) in [7, 11) is 0. The van der Waals surface area contributed by atoms with Crippen LogP contribution in [0.25, 0.3) is 0 Å². The molecule has 1 aromatic carbocycles. The van der Waals surface area contributed by atoms with Gasteiger partial charge in [-0.3, -0.25) is 0 Å². The SMILES string of the molecule is Clc1ccc2c(c1)CC1CNCCN21. The molecule has 1 N–H and O–H groups in total. The lowest BCUT2D eigenvalue weighted by atomic mass is 10.1. The molecule has 1 unspecified atom stereocenters. The molecule has 14 heavy (non-hydrogen) atoms. The lowest BCUT2D eigenvalue weighted by molar-refractivity contribution is 0.495. The largest absolute Gasteiger partial charge is 0.365 e. The van der Waals surface area contributed by atoms with Crippen LogP contribution < -0.4 is 10.2 Å². The highest BCUT2D eigenvalue weighted by Gasteiger charge is 2.30. The van der Waals surface area contributed by atoms with Gasteiger partial charge in [-0.25, -0.2) is 0 Å². The van der Waals surface area contributed by atoms with E-state index < -0.39 is 0 Å². The van der Waals surface area contributed by atoms with Gasteiger partial charge in [-0.2, -0.15) is 0 Å². The molecule has 2 aliphatic heterocycles. The fraction of sp³-hybridized carbons (Fsp3) is 0.455. The molecule has 1 fully saturated rings. The third-order valence-electron chi connectivity index (χ3n) is 3.16. The highest BCUT2D eigenvalue weighted by atomic mass is 35.5. The van der Waals surface area contributed by atoms with Gasteiger partial charge in [0.05, 0.1) is 0 Å². The molecule has 0 spiro atoms. The van der Waals surface area contributed by atoms with Crippen LogP contribution in [0.2, 0.25) is 5.02 Å². The summed E-state index contributed by atoms with van der Waals surface area (Å²) in [5.41, 5.74) is 2.80. The Labute approximate surface area is 88.9 Å². The Balaban J connectivity index is 2.01. The van der Waals surface area contributed by atoms with Crippen LogP contribution in [0.15, 0.2) is 18.2 Å². The standard InChI is InChI=1S/C11H13ClN2/c12-9-1-2-11-8(5-9)6-10-7-13-3-4-14(10)11/h1-2,5,10,13H,3-4,6-7H2. The molecule has 0 radical (unpaired) electrons. The third-order valence-corrected chi connectivity index (χ3v) is 3.39. The molecule has 0 aliphatic carbocycles. The summed E-state index contributed by atoms with van der Waals surface area (Å²) < 4.78 is 0. The van der Waals surface area contributed by atoms with E-state index in [0.29, 0.717) is 6.04 Å². The molecule has 3 heteroatoms. The highest BCUT2D eigenvalue weighted by molar-refractivity contribution is 6.30. The number of benzene rings is 1. The number of nitrogens with one attached hydrogen (secondary N) is 1. The van der Waals surface area contributed by atoms with Gasteiger partial charge in [0.2, 0.25) is 0 Å². The second kappa shape index (κ2) is 3.14. The number of piperazine rings is 1. The molecular formula is C11H13ClN2. The van der Waals surface area contributed by atoms with E-state index >= 15 is 0 Å². The quantitative estimate of drug-likeness (QED) is 0.698. The first-order chi connectivity index (χ1) is 6.84. The summed E-state index contributed by atoms with van der Waals surface area (Å²) in [5.74, 6) is 0. The average Bonchev–Trinajstić information content (AvgIpc) is 2.54. The molecule has 0 amide bonds. The second-order valence-electron chi connectivity index (χ2n) is 4.03. The minimum atomic E-state index is 0.650. The summed E-state index contributed by atoms with van der Waals surface area (Å²) in [5, 5.41) is 4.29. The Bertz CT molecular complexity index is 364. The molecule has 1 atom stereocenters. The van der Waals surface area contributed by atoms with Gasteiger partial charge < -0.3 is 10.2 Å². The number of halogens is 1. The van der Waals surface area contributed by atoms with E-state index in [4.69, 9.17) is 11.6 Å². The minimum Gasteiger partial charge on any atom is -0.365 e. The van der Waals surface area contributed by atoms with Gasteiger partial charge in [-0.1, -0.05) is 11.6 Å². The van der Waals surface area contributed by atoms with E-state index in [1.54, 1.807) is 0 Å². The van der Waals surface area contributed by atoms with Crippen LogP contribution in [0.5, 0.6) is 0 Å². The Morgan fingerprint density at radius 1 is 1.43 bits per heavy atom. The van der Waals surface area contributed by atoms with Crippen molar-refractivity contribution in [3.8, 4) is 0 Å². The van der Waals surface area contributed by atoms with Crippen LogP contribution in [0, 0.1) is 0 Å². The van der Waals surface area contributed by atoms with Crippen molar-refractivity contribution in [2.45, 2.75) is 12.5 Å². The van der Waals surface area contributed by atoms with Crippen molar-refractivity contribution in [3.05, 3.63) is 28.8 Å². The smallest absolute Gasteiger partial charge is 0.0456 e. The van der Waals surface area contributed by atoms with Crippen molar-refractivity contribution in [2.24, 2.45) is 0 Å². The second-order valence-corrected chi connectivity index (χ2v) is 4.46. The van der Waals surface area contributed by atoms with Gasteiger partial charge in [-0.05, 0) is 30.2 Å². The third kappa shape index (κ3) is 1.22. The van der Waals surface area contributed by atoms with Gasteiger partial charge in [0.1, 0.15) is 0 Å². The van der Waals surface area contributed by atoms with Crippen molar-refractivity contribution in [3.63, 3.8) is 0 Å². The minimum absolute atomic E-state index is 0.650. The number of nitrogens with zero attached hydrogens (tertiary/aromatic N) is 1. The summed E-state index contributed by atoms with van der Waals surface area (Å²) in [6.45, 7) is 3.32. The molecule has 2 aliphatic rings. The first-order valence-electron chi connectivity index (χ1n) is 5.10. The van der Waals surface area contributed by atoms with Gasteiger partial charge in [0, 0.05) is 36.4 Å². The van der Waals surface area contributed by atoms with Crippen molar-refractivity contribution in [1.82, 2.24) is 5.32 Å². The first kappa shape index (κ1) is 8.57. The number of rotatable bonds is 0. The summed E-state index contributed by atoms with van der Waals surface area (Å²) >= 11 is 5.99. The van der Waals surface area contributed by atoms with Crippen molar-refractivity contribution < 1.29 is 0 Å². The maximum absolute atomic E-state index is 5.99. The molecular weight excluding hydrogens is 196 g/mol. The molecule has 0 bridgehead atoms. The zero-order chi connectivity index (χ0) is 9.54. The average molecular weight is 209 g/mol. The summed E-state index contributed by atoms with van der Waals surface area (Å²) in [6.07, 6.45) is 1.14. The van der Waals surface area contributed by atoms with E-state index in [9.17, 15) is 0 Å². The fourth-order valence-corrected chi connectivity index (χ4v) is 2.71. The molecule has 0 aromatic heterocycles. The molecule has 0 saturated carbocycles. The Hall–Kier alpha value is -0.730. The van der Waals surface area contributed by atoms with Crippen molar-refractivity contribution >= 4 is 17.3 Å². The Morgan fingerprint density at radius 3 is 3.29 bits per heavy atom. The lowest BCUT2D eigenvalue weighted by Crippen LogP contribution is -2.49. The highest BCUT2D eigenvalue weighted by Crippen LogP contribution is 2.34. The Kier molecular flexibility index (Phi) is 1.92. The molecule has 2 nitrogen and oxygen atoms in total. The predicted octanol–water partition coefficient (Wildman–Crippen LogP) is 1.67. The zero-order valence-corrected chi connectivity index (χ0v) is 8.72. The van der Waals surface area contributed by atoms with Crippen LogP contribution in [0.1, 0.15) is 5.56 Å². The first-order valence-corrected chi connectivity index (χ1v) is 5.48. The topological polar surface area (TPSA) is 15.3 Å². The van der Waals surface area contributed by atoms with Crippen LogP contribution in [-0.4, -0.2) is 25.7 Å². The number of fused-ring (bicyclic) bond motifs is 3. The normalized spacial score (nSPS) is 24.6. The zero-order valence-electron chi connectivity index (χ0n) is 7.96. The van der Waals surface area contributed by atoms with Gasteiger partial charge >= 0.3 is 0 Å². The molecule has 1 aromatic rings. The monoisotopic (exact) mass is 208 g/mol. The maximum Gasteiger partial charge on any atom is 0.0456 e. The van der Waals surface area contributed by atoms with Crippen LogP contribution >= 0.6 is 11.6 Å². The number of anilines is 1. The van der Waals surface area contributed by atoms with Crippen molar-refractivity contribution in [1.29, 1.82) is 0 Å². The van der Waals surface area contributed by atoms with Crippen LogP contribution in [-0.2, 0) is 6.42 Å². The summed E-state index contributed by atoms with van der Waals surface area (Å²) in [4.78, 5) is 2.50. The summed E-state index contributed by atoms with van der Waals surface area (Å²) in [6, 6.07) is 6.90.